The summed E-state index contributed by atoms with van der Waals surface area (Å²) in [6, 6.07) is 13.6. The molecular weight excluding hydrogens is 453 g/mol. The van der Waals surface area contributed by atoms with Gasteiger partial charge in [-0.2, -0.15) is 0 Å². The predicted octanol–water partition coefficient (Wildman–Crippen LogP) is 6.95. The van der Waals surface area contributed by atoms with Gasteiger partial charge in [0.25, 0.3) is 0 Å². The summed E-state index contributed by atoms with van der Waals surface area (Å²) >= 11 is 5.04. The Balaban J connectivity index is 2.01. The Kier molecular flexibility index (Phi) is 6.40. The number of hydrogen-bond donors (Lipinski definition) is 0. The van der Waals surface area contributed by atoms with Crippen molar-refractivity contribution in [2.45, 2.75) is 25.4 Å². The van der Waals surface area contributed by atoms with Crippen LogP contribution in [0.5, 0.6) is 5.75 Å². The average molecular weight is 471 g/mol. The number of halogens is 4. The van der Waals surface area contributed by atoms with Gasteiger partial charge in [-0.05, 0) is 42.3 Å². The Morgan fingerprint density at radius 1 is 1.07 bits per heavy atom. The quantitative estimate of drug-likeness (QED) is 0.364. The van der Waals surface area contributed by atoms with Crippen molar-refractivity contribution in [3.05, 3.63) is 59.2 Å². The van der Waals surface area contributed by atoms with E-state index >= 15 is 0 Å². The van der Waals surface area contributed by atoms with Crippen LogP contribution in [0.15, 0.2) is 64.4 Å². The lowest BCUT2D eigenvalue weighted by molar-refractivity contribution is -0.274. The maximum absolute atomic E-state index is 12.4. The molecule has 3 nitrogen and oxygen atoms in total. The number of imidazole rings is 1. The molecule has 0 saturated heterocycles. The molecule has 0 unspecified atom stereocenters. The smallest absolute Gasteiger partial charge is 0.406 e. The molecule has 0 radical (unpaired) electrons. The number of nitrogens with zero attached hydrogens (tertiary/aromatic N) is 2. The van der Waals surface area contributed by atoms with Gasteiger partial charge in [-0.25, -0.2) is 4.98 Å². The lowest BCUT2D eigenvalue weighted by atomic mass is 10.1. The lowest BCUT2D eigenvalue weighted by Gasteiger charge is -2.14. The number of thioether (sulfide) groups is 1. The second kappa shape index (κ2) is 8.61. The SMILES string of the molecule is CC(C)CSc1ncc(-c2ccc(Br)cc2)n1-c1ccc(OC(F)(F)F)cc1. The molecule has 0 spiro atoms. The molecule has 0 aliphatic carbocycles. The third-order valence-electron chi connectivity index (χ3n) is 3.74. The Morgan fingerprint density at radius 2 is 1.71 bits per heavy atom. The topological polar surface area (TPSA) is 27.1 Å². The highest BCUT2D eigenvalue weighted by molar-refractivity contribution is 9.10. The van der Waals surface area contributed by atoms with E-state index in [0.29, 0.717) is 5.92 Å². The minimum atomic E-state index is -4.71. The predicted molar refractivity (Wildman–Crippen MR) is 109 cm³/mol. The van der Waals surface area contributed by atoms with Gasteiger partial charge >= 0.3 is 6.36 Å². The second-order valence-electron chi connectivity index (χ2n) is 6.51. The van der Waals surface area contributed by atoms with Crippen molar-refractivity contribution >= 4 is 27.7 Å². The molecule has 0 bridgehead atoms. The minimum Gasteiger partial charge on any atom is -0.406 e. The first-order chi connectivity index (χ1) is 13.2. The molecule has 8 heteroatoms. The highest BCUT2D eigenvalue weighted by Crippen LogP contribution is 2.32. The van der Waals surface area contributed by atoms with E-state index in [1.807, 2.05) is 28.8 Å². The van der Waals surface area contributed by atoms with Crippen molar-refractivity contribution in [1.82, 2.24) is 9.55 Å². The Hall–Kier alpha value is -1.93. The van der Waals surface area contributed by atoms with E-state index in [2.05, 4.69) is 39.5 Å². The molecular formula is C20H18BrF3N2OS. The highest BCUT2D eigenvalue weighted by atomic mass is 79.9. The molecule has 0 aliphatic heterocycles. The molecule has 0 amide bonds. The summed E-state index contributed by atoms with van der Waals surface area (Å²) in [5, 5.41) is 0.788. The van der Waals surface area contributed by atoms with E-state index < -0.39 is 6.36 Å². The van der Waals surface area contributed by atoms with Crippen molar-refractivity contribution in [3.8, 4) is 22.7 Å². The third kappa shape index (κ3) is 5.32. The number of benzene rings is 2. The number of rotatable bonds is 6. The van der Waals surface area contributed by atoms with Crippen LogP contribution in [0, 0.1) is 5.92 Å². The molecule has 3 aromatic rings. The van der Waals surface area contributed by atoms with Crippen LogP contribution in [0.1, 0.15) is 13.8 Å². The van der Waals surface area contributed by atoms with Crippen LogP contribution in [0.4, 0.5) is 13.2 Å². The fourth-order valence-corrected chi connectivity index (χ4v) is 3.76. The van der Waals surface area contributed by atoms with Crippen LogP contribution < -0.4 is 4.74 Å². The summed E-state index contributed by atoms with van der Waals surface area (Å²) in [5.41, 5.74) is 2.54. The first-order valence-corrected chi connectivity index (χ1v) is 10.3. The van der Waals surface area contributed by atoms with E-state index in [-0.39, 0.29) is 5.75 Å². The van der Waals surface area contributed by atoms with Gasteiger partial charge in [0.15, 0.2) is 5.16 Å². The van der Waals surface area contributed by atoms with Gasteiger partial charge in [0.2, 0.25) is 0 Å². The molecule has 0 N–H and O–H groups in total. The van der Waals surface area contributed by atoms with Gasteiger partial charge in [-0.1, -0.05) is 53.7 Å². The highest BCUT2D eigenvalue weighted by Gasteiger charge is 2.31. The molecule has 3 rings (SSSR count). The Bertz CT molecular complexity index is 922. The molecule has 1 heterocycles. The van der Waals surface area contributed by atoms with Gasteiger partial charge in [0.05, 0.1) is 11.9 Å². The molecule has 0 fully saturated rings. The number of ether oxygens (including phenoxy) is 1. The molecule has 28 heavy (non-hydrogen) atoms. The molecule has 0 aliphatic rings. The Morgan fingerprint density at radius 3 is 2.29 bits per heavy atom. The van der Waals surface area contributed by atoms with Crippen LogP contribution in [-0.2, 0) is 0 Å². The third-order valence-corrected chi connectivity index (χ3v) is 5.65. The van der Waals surface area contributed by atoms with Crippen LogP contribution in [0.3, 0.4) is 0 Å². The maximum atomic E-state index is 12.4. The van der Waals surface area contributed by atoms with Crippen LogP contribution in [-0.4, -0.2) is 21.7 Å². The van der Waals surface area contributed by atoms with Gasteiger partial charge in [0, 0.05) is 21.5 Å². The fraction of sp³-hybridized carbons (Fsp3) is 0.250. The lowest BCUT2D eigenvalue weighted by Crippen LogP contribution is -2.17. The van der Waals surface area contributed by atoms with E-state index in [9.17, 15) is 13.2 Å². The van der Waals surface area contributed by atoms with Crippen molar-refractivity contribution in [1.29, 1.82) is 0 Å². The van der Waals surface area contributed by atoms with Gasteiger partial charge in [-0.3, -0.25) is 4.57 Å². The fourth-order valence-electron chi connectivity index (χ4n) is 2.55. The van der Waals surface area contributed by atoms with Crippen molar-refractivity contribution in [3.63, 3.8) is 0 Å². The van der Waals surface area contributed by atoms with E-state index in [0.717, 1.165) is 32.3 Å². The molecule has 2 aromatic carbocycles. The van der Waals surface area contributed by atoms with E-state index in [1.54, 1.807) is 30.1 Å². The van der Waals surface area contributed by atoms with Crippen LogP contribution in [0.2, 0.25) is 0 Å². The molecule has 148 valence electrons. The zero-order valence-corrected chi connectivity index (χ0v) is 17.6. The van der Waals surface area contributed by atoms with Gasteiger partial charge in [-0.15, -0.1) is 13.2 Å². The monoisotopic (exact) mass is 470 g/mol. The summed E-state index contributed by atoms with van der Waals surface area (Å²) in [4.78, 5) is 4.55. The molecule has 1 aromatic heterocycles. The van der Waals surface area contributed by atoms with Crippen molar-refractivity contribution < 1.29 is 17.9 Å². The first-order valence-electron chi connectivity index (χ1n) is 8.55. The van der Waals surface area contributed by atoms with Crippen LogP contribution in [0.25, 0.3) is 16.9 Å². The van der Waals surface area contributed by atoms with E-state index in [1.165, 1.54) is 12.1 Å². The standard InChI is InChI=1S/C20H18BrF3N2OS/c1-13(2)12-28-19-25-11-18(14-3-5-15(21)6-4-14)26(19)16-7-9-17(10-8-16)27-20(22,23)24/h3-11,13H,12H2,1-2H3. The van der Waals surface area contributed by atoms with Crippen molar-refractivity contribution in [2.24, 2.45) is 5.92 Å². The largest absolute Gasteiger partial charge is 0.573 e. The van der Waals surface area contributed by atoms with Gasteiger partial charge in [0.1, 0.15) is 5.75 Å². The number of alkyl halides is 3. The molecule has 0 saturated carbocycles. The Labute approximate surface area is 174 Å². The second-order valence-corrected chi connectivity index (χ2v) is 8.42. The zero-order chi connectivity index (χ0) is 20.3. The molecule has 0 atom stereocenters. The first kappa shape index (κ1) is 20.8. The zero-order valence-electron chi connectivity index (χ0n) is 15.2. The minimum absolute atomic E-state index is 0.252. The maximum Gasteiger partial charge on any atom is 0.573 e. The summed E-state index contributed by atoms with van der Waals surface area (Å²) in [7, 11) is 0. The van der Waals surface area contributed by atoms with Crippen LogP contribution >= 0.6 is 27.7 Å². The summed E-state index contributed by atoms with van der Waals surface area (Å²) in [5.74, 6) is 1.11. The average Bonchev–Trinajstić information content (AvgIpc) is 3.04. The number of aromatic nitrogens is 2. The summed E-state index contributed by atoms with van der Waals surface area (Å²) < 4.78 is 44.2. The van der Waals surface area contributed by atoms with E-state index in [4.69, 9.17) is 0 Å². The summed E-state index contributed by atoms with van der Waals surface area (Å²) in [6.07, 6.45) is -2.93. The summed E-state index contributed by atoms with van der Waals surface area (Å²) in [6.45, 7) is 4.25. The van der Waals surface area contributed by atoms with Crippen molar-refractivity contribution in [2.75, 3.05) is 5.75 Å². The number of hydrogen-bond acceptors (Lipinski definition) is 3. The van der Waals surface area contributed by atoms with Gasteiger partial charge < -0.3 is 4.74 Å². The normalized spacial score (nSPS) is 11.8.